The second-order valence-corrected chi connectivity index (χ2v) is 6.15. The van der Waals surface area contributed by atoms with Gasteiger partial charge in [-0.05, 0) is 44.5 Å². The molecule has 134 valence electrons. The van der Waals surface area contributed by atoms with Gasteiger partial charge in [0.25, 0.3) is 0 Å². The van der Waals surface area contributed by atoms with E-state index in [0.29, 0.717) is 18.0 Å². The zero-order valence-corrected chi connectivity index (χ0v) is 15.2. The van der Waals surface area contributed by atoms with Crippen LogP contribution in [-0.4, -0.2) is 32.3 Å². The van der Waals surface area contributed by atoms with Gasteiger partial charge < -0.3 is 20.3 Å². The van der Waals surface area contributed by atoms with E-state index < -0.39 is 0 Å². The third-order valence-electron chi connectivity index (χ3n) is 3.65. The van der Waals surface area contributed by atoms with E-state index in [1.54, 1.807) is 0 Å². The molecule has 0 aliphatic rings. The largest absolute Gasteiger partial charge is 0.489 e. The molecule has 5 nitrogen and oxygen atoms in total. The molecule has 2 aromatic carbocycles. The number of ether oxygens (including phenoxy) is 1. The van der Waals surface area contributed by atoms with Crippen molar-refractivity contribution in [3.8, 4) is 5.75 Å². The minimum Gasteiger partial charge on any atom is -0.489 e. The Hall–Kier alpha value is -2.69. The van der Waals surface area contributed by atoms with Gasteiger partial charge in [0.2, 0.25) is 0 Å². The van der Waals surface area contributed by atoms with E-state index >= 15 is 0 Å². The standard InChI is InChI=1S/C20H27N3O2/c1-16(2)25-19-13-8-7-12-18(19)22-20(24)21-14-9-15-23(3)17-10-5-4-6-11-17/h4-8,10-13,16H,9,14-15H2,1-3H3,(H2,21,22,24). The molecule has 0 aliphatic carbocycles. The Balaban J connectivity index is 1.74. The summed E-state index contributed by atoms with van der Waals surface area (Å²) in [6, 6.07) is 17.4. The first kappa shape index (κ1) is 18.6. The summed E-state index contributed by atoms with van der Waals surface area (Å²) < 4.78 is 5.70. The maximum atomic E-state index is 12.1. The fourth-order valence-electron chi connectivity index (χ4n) is 2.42. The summed E-state index contributed by atoms with van der Waals surface area (Å²) in [7, 11) is 2.05. The van der Waals surface area contributed by atoms with E-state index in [9.17, 15) is 4.79 Å². The number of benzene rings is 2. The minimum absolute atomic E-state index is 0.0551. The number of anilines is 2. The fourth-order valence-corrected chi connectivity index (χ4v) is 2.42. The van der Waals surface area contributed by atoms with E-state index in [2.05, 4.69) is 34.7 Å². The number of carbonyl (C=O) groups excluding carboxylic acids is 1. The number of para-hydroxylation sites is 3. The van der Waals surface area contributed by atoms with Crippen LogP contribution in [0.1, 0.15) is 20.3 Å². The first-order chi connectivity index (χ1) is 12.1. The van der Waals surface area contributed by atoms with E-state index in [4.69, 9.17) is 4.74 Å². The number of amides is 2. The molecule has 0 atom stereocenters. The molecule has 0 radical (unpaired) electrons. The van der Waals surface area contributed by atoms with E-state index in [-0.39, 0.29) is 12.1 Å². The SMILES string of the molecule is CC(C)Oc1ccccc1NC(=O)NCCCN(C)c1ccccc1. The molecule has 0 saturated carbocycles. The van der Waals surface area contributed by atoms with Crippen LogP contribution >= 0.6 is 0 Å². The molecule has 0 fully saturated rings. The number of nitrogens with zero attached hydrogens (tertiary/aromatic N) is 1. The van der Waals surface area contributed by atoms with Crippen molar-refractivity contribution in [3.05, 3.63) is 54.6 Å². The maximum Gasteiger partial charge on any atom is 0.319 e. The van der Waals surface area contributed by atoms with Gasteiger partial charge in [-0.15, -0.1) is 0 Å². The second-order valence-electron chi connectivity index (χ2n) is 6.15. The Morgan fingerprint density at radius 2 is 1.76 bits per heavy atom. The monoisotopic (exact) mass is 341 g/mol. The Morgan fingerprint density at radius 1 is 1.08 bits per heavy atom. The molecule has 0 unspecified atom stereocenters. The third-order valence-corrected chi connectivity index (χ3v) is 3.65. The van der Waals surface area contributed by atoms with Crippen LogP contribution in [0.2, 0.25) is 0 Å². The minimum atomic E-state index is -0.220. The number of urea groups is 1. The summed E-state index contributed by atoms with van der Waals surface area (Å²) in [5, 5.41) is 5.73. The molecule has 2 amide bonds. The first-order valence-electron chi connectivity index (χ1n) is 8.63. The summed E-state index contributed by atoms with van der Waals surface area (Å²) in [5.74, 6) is 0.677. The number of hydrogen-bond donors (Lipinski definition) is 2. The Kier molecular flexibility index (Phi) is 7.14. The summed E-state index contributed by atoms with van der Waals surface area (Å²) >= 11 is 0. The lowest BCUT2D eigenvalue weighted by Gasteiger charge is -2.19. The van der Waals surface area contributed by atoms with Crippen molar-refractivity contribution in [3.63, 3.8) is 0 Å². The molecule has 0 bridgehead atoms. The van der Waals surface area contributed by atoms with Crippen LogP contribution in [0.5, 0.6) is 5.75 Å². The molecular weight excluding hydrogens is 314 g/mol. The molecule has 0 aliphatic heterocycles. The first-order valence-corrected chi connectivity index (χ1v) is 8.63. The van der Waals surface area contributed by atoms with E-state index in [1.807, 2.05) is 56.3 Å². The van der Waals surface area contributed by atoms with Gasteiger partial charge in [-0.2, -0.15) is 0 Å². The van der Waals surface area contributed by atoms with Gasteiger partial charge in [-0.25, -0.2) is 4.79 Å². The summed E-state index contributed by atoms with van der Waals surface area (Å²) in [5.41, 5.74) is 1.85. The van der Waals surface area contributed by atoms with Crippen LogP contribution in [0.3, 0.4) is 0 Å². The van der Waals surface area contributed by atoms with E-state index in [0.717, 1.165) is 13.0 Å². The van der Waals surface area contributed by atoms with Gasteiger partial charge >= 0.3 is 6.03 Å². The summed E-state index contributed by atoms with van der Waals surface area (Å²) in [6.45, 7) is 5.40. The highest BCUT2D eigenvalue weighted by molar-refractivity contribution is 5.90. The third kappa shape index (κ3) is 6.37. The smallest absolute Gasteiger partial charge is 0.319 e. The van der Waals surface area contributed by atoms with Gasteiger partial charge in [0.05, 0.1) is 11.8 Å². The summed E-state index contributed by atoms with van der Waals surface area (Å²) in [6.07, 6.45) is 0.919. The van der Waals surface area contributed by atoms with Gasteiger partial charge in [0.15, 0.2) is 0 Å². The van der Waals surface area contributed by atoms with Crippen LogP contribution < -0.4 is 20.3 Å². The molecule has 2 aromatic rings. The topological polar surface area (TPSA) is 53.6 Å². The Bertz CT molecular complexity index is 659. The van der Waals surface area contributed by atoms with Gasteiger partial charge in [0, 0.05) is 25.8 Å². The Morgan fingerprint density at radius 3 is 2.48 bits per heavy atom. The number of hydrogen-bond acceptors (Lipinski definition) is 3. The highest BCUT2D eigenvalue weighted by Gasteiger charge is 2.08. The quantitative estimate of drug-likeness (QED) is 0.710. The molecule has 2 N–H and O–H groups in total. The average molecular weight is 341 g/mol. The average Bonchev–Trinajstić information content (AvgIpc) is 2.60. The number of carbonyl (C=O) groups is 1. The zero-order chi connectivity index (χ0) is 18.1. The van der Waals surface area contributed by atoms with Crippen LogP contribution in [0.25, 0.3) is 0 Å². The van der Waals surface area contributed by atoms with Gasteiger partial charge in [-0.1, -0.05) is 30.3 Å². The molecule has 25 heavy (non-hydrogen) atoms. The lowest BCUT2D eigenvalue weighted by molar-refractivity contribution is 0.241. The van der Waals surface area contributed by atoms with Gasteiger partial charge in [-0.3, -0.25) is 0 Å². The number of rotatable bonds is 8. The van der Waals surface area contributed by atoms with Crippen LogP contribution in [-0.2, 0) is 0 Å². The molecule has 0 aromatic heterocycles. The lowest BCUT2D eigenvalue weighted by Crippen LogP contribution is -2.31. The molecule has 0 spiro atoms. The van der Waals surface area contributed by atoms with Crippen molar-refractivity contribution in [2.75, 3.05) is 30.4 Å². The van der Waals surface area contributed by atoms with Crippen molar-refractivity contribution in [2.24, 2.45) is 0 Å². The highest BCUT2D eigenvalue weighted by atomic mass is 16.5. The van der Waals surface area contributed by atoms with Crippen molar-refractivity contribution in [1.82, 2.24) is 5.32 Å². The lowest BCUT2D eigenvalue weighted by atomic mass is 10.3. The van der Waals surface area contributed by atoms with Gasteiger partial charge in [0.1, 0.15) is 5.75 Å². The van der Waals surface area contributed by atoms with Crippen LogP contribution in [0.4, 0.5) is 16.2 Å². The normalized spacial score (nSPS) is 10.4. The predicted octanol–water partition coefficient (Wildman–Crippen LogP) is 4.12. The predicted molar refractivity (Wildman–Crippen MR) is 104 cm³/mol. The second kappa shape index (κ2) is 9.57. The molecule has 0 heterocycles. The van der Waals surface area contributed by atoms with Crippen molar-refractivity contribution < 1.29 is 9.53 Å². The molecule has 0 saturated heterocycles. The van der Waals surface area contributed by atoms with Crippen LogP contribution in [0.15, 0.2) is 54.6 Å². The maximum absolute atomic E-state index is 12.1. The highest BCUT2D eigenvalue weighted by Crippen LogP contribution is 2.24. The molecule has 5 heteroatoms. The Labute approximate surface area is 150 Å². The number of nitrogens with one attached hydrogen (secondary N) is 2. The van der Waals surface area contributed by atoms with Crippen LogP contribution in [0, 0.1) is 0 Å². The fraction of sp³-hybridized carbons (Fsp3) is 0.350. The molecule has 2 rings (SSSR count). The van der Waals surface area contributed by atoms with E-state index in [1.165, 1.54) is 5.69 Å². The van der Waals surface area contributed by atoms with Crippen molar-refractivity contribution in [2.45, 2.75) is 26.4 Å². The summed E-state index contributed by atoms with van der Waals surface area (Å²) in [4.78, 5) is 14.2. The zero-order valence-electron chi connectivity index (χ0n) is 15.2. The van der Waals surface area contributed by atoms with Crippen molar-refractivity contribution >= 4 is 17.4 Å². The van der Waals surface area contributed by atoms with Crippen molar-refractivity contribution in [1.29, 1.82) is 0 Å². The molecular formula is C20H27N3O2.